The SMILES string of the molecule is CCCS(=O)(=O)c1ccc(F)c(N2CC[C@H]([C@H](CC#N)n3cc(-c4ncnc5[nH]ccc45)cn3)C2)n1. The third-order valence-corrected chi connectivity index (χ3v) is 8.34. The van der Waals surface area contributed by atoms with Crippen molar-refractivity contribution in [2.75, 3.05) is 23.7 Å². The molecule has 5 rings (SSSR count). The summed E-state index contributed by atoms with van der Waals surface area (Å²) in [7, 11) is -3.57. The molecule has 2 atom stereocenters. The van der Waals surface area contributed by atoms with Gasteiger partial charge in [0.2, 0.25) is 0 Å². The number of halogens is 1. The quantitative estimate of drug-likeness (QED) is 0.382. The van der Waals surface area contributed by atoms with Gasteiger partial charge >= 0.3 is 0 Å². The van der Waals surface area contributed by atoms with Crippen LogP contribution in [0.15, 0.2) is 48.1 Å². The number of fused-ring (bicyclic) bond motifs is 1. The summed E-state index contributed by atoms with van der Waals surface area (Å²) >= 11 is 0. The summed E-state index contributed by atoms with van der Waals surface area (Å²) in [5, 5.41) is 14.8. The standard InChI is InChI=1S/C24H25FN8O2S/c1-2-11-36(34,35)21-4-3-19(25)24(31-21)32-10-7-16(13-32)20(5-8-26)33-14-17(12-30-33)22-18-6-9-27-23(18)29-15-28-22/h3-4,6,9,12,14-16,20H,2,5,7,10-11,13H2,1H3,(H,27,28,29)/t16-,20-/m0/s1. The largest absolute Gasteiger partial charge is 0.354 e. The van der Waals surface area contributed by atoms with Gasteiger partial charge in [0.25, 0.3) is 0 Å². The van der Waals surface area contributed by atoms with Gasteiger partial charge in [0, 0.05) is 42.4 Å². The molecule has 0 radical (unpaired) electrons. The minimum Gasteiger partial charge on any atom is -0.354 e. The number of hydrogen-bond donors (Lipinski definition) is 1. The molecule has 0 saturated carbocycles. The van der Waals surface area contributed by atoms with Crippen LogP contribution in [0.3, 0.4) is 0 Å². The molecule has 0 aromatic carbocycles. The Morgan fingerprint density at radius 1 is 1.31 bits per heavy atom. The van der Waals surface area contributed by atoms with Crippen molar-refractivity contribution in [2.24, 2.45) is 5.92 Å². The molecule has 0 bridgehead atoms. The van der Waals surface area contributed by atoms with Crippen molar-refractivity contribution in [3.8, 4) is 17.3 Å². The first-order valence-corrected chi connectivity index (χ1v) is 13.4. The van der Waals surface area contributed by atoms with Crippen molar-refractivity contribution < 1.29 is 12.8 Å². The fraction of sp³-hybridized carbons (Fsp3) is 0.375. The molecule has 1 saturated heterocycles. The third-order valence-electron chi connectivity index (χ3n) is 6.53. The van der Waals surface area contributed by atoms with Crippen LogP contribution < -0.4 is 4.90 Å². The number of hydrogen-bond acceptors (Lipinski definition) is 8. The monoisotopic (exact) mass is 508 g/mol. The Morgan fingerprint density at radius 3 is 2.97 bits per heavy atom. The Bertz CT molecular complexity index is 1540. The molecule has 0 spiro atoms. The average Bonchev–Trinajstić information content (AvgIpc) is 3.63. The first-order chi connectivity index (χ1) is 17.4. The highest BCUT2D eigenvalue weighted by Crippen LogP contribution is 2.34. The maximum absolute atomic E-state index is 14.7. The number of nitriles is 1. The van der Waals surface area contributed by atoms with Gasteiger partial charge in [0.05, 0.1) is 36.2 Å². The first kappa shape index (κ1) is 23.9. The molecule has 1 aliphatic rings. The predicted octanol–water partition coefficient (Wildman–Crippen LogP) is 3.52. The molecule has 4 aromatic heterocycles. The number of aromatic amines is 1. The van der Waals surface area contributed by atoms with Crippen LogP contribution in [-0.4, -0.2) is 57.0 Å². The van der Waals surface area contributed by atoms with Crippen LogP contribution in [0.2, 0.25) is 0 Å². The molecule has 186 valence electrons. The Kier molecular flexibility index (Phi) is 6.40. The Morgan fingerprint density at radius 2 is 2.17 bits per heavy atom. The molecule has 1 aliphatic heterocycles. The summed E-state index contributed by atoms with van der Waals surface area (Å²) < 4.78 is 41.4. The van der Waals surface area contributed by atoms with E-state index >= 15 is 0 Å². The summed E-state index contributed by atoms with van der Waals surface area (Å²) in [5.74, 6) is -0.584. The normalized spacial score (nSPS) is 16.9. The molecule has 1 N–H and O–H groups in total. The second kappa shape index (κ2) is 9.66. The van der Waals surface area contributed by atoms with Crippen molar-refractivity contribution in [1.82, 2.24) is 29.7 Å². The second-order valence-electron chi connectivity index (χ2n) is 8.87. The van der Waals surface area contributed by atoms with Crippen LogP contribution in [0.5, 0.6) is 0 Å². The van der Waals surface area contributed by atoms with Gasteiger partial charge in [-0.2, -0.15) is 10.4 Å². The van der Waals surface area contributed by atoms with Gasteiger partial charge in [0.1, 0.15) is 12.0 Å². The summed E-state index contributed by atoms with van der Waals surface area (Å²) in [6.07, 6.45) is 8.24. The summed E-state index contributed by atoms with van der Waals surface area (Å²) in [6.45, 7) is 2.70. The number of H-pyrrole nitrogens is 1. The molecule has 12 heteroatoms. The molecule has 10 nitrogen and oxygen atoms in total. The maximum atomic E-state index is 14.7. The molecule has 4 aromatic rings. The topological polar surface area (TPSA) is 133 Å². The molecule has 36 heavy (non-hydrogen) atoms. The van der Waals surface area contributed by atoms with Gasteiger partial charge in [0.15, 0.2) is 26.5 Å². The summed E-state index contributed by atoms with van der Waals surface area (Å²) in [6, 6.07) is 6.29. The van der Waals surface area contributed by atoms with Crippen LogP contribution in [0.25, 0.3) is 22.3 Å². The Labute approximate surface area is 207 Å². The fourth-order valence-electron chi connectivity index (χ4n) is 4.79. The van der Waals surface area contributed by atoms with Gasteiger partial charge in [-0.1, -0.05) is 6.92 Å². The number of anilines is 1. The average molecular weight is 509 g/mol. The van der Waals surface area contributed by atoms with E-state index in [9.17, 15) is 18.1 Å². The summed E-state index contributed by atoms with van der Waals surface area (Å²) in [5.41, 5.74) is 2.28. The van der Waals surface area contributed by atoms with Crippen molar-refractivity contribution >= 4 is 26.7 Å². The van der Waals surface area contributed by atoms with E-state index in [0.717, 1.165) is 28.4 Å². The minimum absolute atomic E-state index is 0.00724. The highest BCUT2D eigenvalue weighted by molar-refractivity contribution is 7.91. The zero-order valence-electron chi connectivity index (χ0n) is 19.7. The smallest absolute Gasteiger partial charge is 0.195 e. The van der Waals surface area contributed by atoms with E-state index in [1.807, 2.05) is 12.3 Å². The second-order valence-corrected chi connectivity index (χ2v) is 10.9. The van der Waals surface area contributed by atoms with E-state index in [4.69, 9.17) is 0 Å². The molecule has 0 unspecified atom stereocenters. The van der Waals surface area contributed by atoms with E-state index < -0.39 is 15.7 Å². The van der Waals surface area contributed by atoms with E-state index in [1.165, 1.54) is 12.4 Å². The third kappa shape index (κ3) is 4.42. The highest BCUT2D eigenvalue weighted by Gasteiger charge is 2.33. The zero-order chi connectivity index (χ0) is 25.3. The van der Waals surface area contributed by atoms with Crippen molar-refractivity contribution in [3.63, 3.8) is 0 Å². The van der Waals surface area contributed by atoms with E-state index in [2.05, 4.69) is 31.1 Å². The first-order valence-electron chi connectivity index (χ1n) is 11.7. The van der Waals surface area contributed by atoms with Gasteiger partial charge in [-0.3, -0.25) is 4.68 Å². The lowest BCUT2D eigenvalue weighted by Crippen LogP contribution is -2.26. The lowest BCUT2D eigenvalue weighted by atomic mass is 9.96. The maximum Gasteiger partial charge on any atom is 0.195 e. The highest BCUT2D eigenvalue weighted by atomic mass is 32.2. The van der Waals surface area contributed by atoms with Gasteiger partial charge in [-0.25, -0.2) is 27.8 Å². The number of nitrogens with one attached hydrogen (secondary N) is 1. The van der Waals surface area contributed by atoms with Gasteiger partial charge in [-0.15, -0.1) is 0 Å². The summed E-state index contributed by atoms with van der Waals surface area (Å²) in [4.78, 5) is 17.6. The van der Waals surface area contributed by atoms with Crippen molar-refractivity contribution in [1.29, 1.82) is 5.26 Å². The van der Waals surface area contributed by atoms with E-state index in [-0.39, 0.29) is 35.0 Å². The van der Waals surface area contributed by atoms with Gasteiger partial charge in [-0.05, 0) is 31.0 Å². The van der Waals surface area contributed by atoms with Crippen molar-refractivity contribution in [3.05, 3.63) is 48.9 Å². The Balaban J connectivity index is 1.40. The minimum atomic E-state index is -3.57. The van der Waals surface area contributed by atoms with Crippen LogP contribution in [-0.2, 0) is 9.84 Å². The molecular formula is C24H25FN8O2S. The van der Waals surface area contributed by atoms with E-state index in [0.29, 0.717) is 25.9 Å². The molecule has 0 aliphatic carbocycles. The number of pyridine rings is 1. The predicted molar refractivity (Wildman–Crippen MR) is 131 cm³/mol. The van der Waals surface area contributed by atoms with Gasteiger partial charge < -0.3 is 9.88 Å². The lowest BCUT2D eigenvalue weighted by Gasteiger charge is -2.23. The lowest BCUT2D eigenvalue weighted by molar-refractivity contribution is 0.331. The van der Waals surface area contributed by atoms with Crippen LogP contribution >= 0.6 is 0 Å². The molecule has 1 fully saturated rings. The van der Waals surface area contributed by atoms with Crippen LogP contribution in [0.1, 0.15) is 32.2 Å². The number of aromatic nitrogens is 6. The number of rotatable bonds is 8. The van der Waals surface area contributed by atoms with E-state index in [1.54, 1.807) is 28.9 Å². The van der Waals surface area contributed by atoms with Crippen LogP contribution in [0, 0.1) is 23.1 Å². The molecular weight excluding hydrogens is 483 g/mol. The molecule has 0 amide bonds. The van der Waals surface area contributed by atoms with Crippen molar-refractivity contribution in [2.45, 2.75) is 37.3 Å². The molecule has 5 heterocycles. The zero-order valence-corrected chi connectivity index (χ0v) is 20.5. The fourth-order valence-corrected chi connectivity index (χ4v) is 6.04. The number of nitrogens with zero attached hydrogens (tertiary/aromatic N) is 7. The Hall–Kier alpha value is -3.85. The number of sulfone groups is 1. The van der Waals surface area contributed by atoms with Crippen LogP contribution in [0.4, 0.5) is 10.2 Å².